The average Bonchev–Trinajstić information content (AvgIpc) is 3.33. The van der Waals surface area contributed by atoms with Crippen LogP contribution in [-0.4, -0.2) is 47.9 Å². The van der Waals surface area contributed by atoms with Crippen molar-refractivity contribution < 1.29 is 37.1 Å². The van der Waals surface area contributed by atoms with Crippen LogP contribution in [0, 0.1) is 0 Å². The van der Waals surface area contributed by atoms with Gasteiger partial charge in [0.05, 0.1) is 6.42 Å². The highest BCUT2D eigenvalue weighted by atomic mass is 32.2. The van der Waals surface area contributed by atoms with E-state index in [1.54, 1.807) is 57.2 Å². The monoisotopic (exact) mass is 566 g/mol. The number of carbonyl (C=O) groups excluding carboxylic acids is 2. The summed E-state index contributed by atoms with van der Waals surface area (Å²) in [5.74, 6) is -3.76. The molecule has 1 atom stereocenters. The van der Waals surface area contributed by atoms with Gasteiger partial charge in [0.15, 0.2) is 10.6 Å². The molecule has 1 amide bonds. The molecule has 3 aromatic rings. The molecule has 0 unspecified atom stereocenters. The number of carbonyl (C=O) groups is 3. The highest BCUT2D eigenvalue weighted by molar-refractivity contribution is 7.91. The molecular formula is C29H30N2O8S. The fourth-order valence-electron chi connectivity index (χ4n) is 4.19. The first-order valence-corrected chi connectivity index (χ1v) is 14.0. The van der Waals surface area contributed by atoms with E-state index in [0.717, 1.165) is 5.56 Å². The number of furan rings is 1. The Labute approximate surface area is 231 Å². The van der Waals surface area contributed by atoms with Crippen molar-refractivity contribution in [1.82, 2.24) is 10.0 Å². The van der Waals surface area contributed by atoms with Crippen LogP contribution in [0.5, 0.6) is 0 Å². The zero-order valence-electron chi connectivity index (χ0n) is 22.2. The standard InChI is InChI=1S/C29H30N2O8S/c1-28(2,3)39-25(32)18-22(27(34)35)31-40(36,37)29(15-13-20(14-16-29)19-9-5-4-6-10-19)30-26(33)24-17-21-11-7-8-12-23(21)38-24/h4-17,20,22,31H,18H2,1-3H3,(H,30,33)(H,34,35)/t20?,22-,29?/m0/s1. The van der Waals surface area contributed by atoms with Crippen molar-refractivity contribution in [2.45, 2.75) is 49.6 Å². The highest BCUT2D eigenvalue weighted by Crippen LogP contribution is 2.31. The van der Waals surface area contributed by atoms with Gasteiger partial charge in [-0.1, -0.05) is 60.7 Å². The summed E-state index contributed by atoms with van der Waals surface area (Å²) in [7, 11) is -4.70. The first-order chi connectivity index (χ1) is 18.8. The molecule has 4 rings (SSSR count). The third-order valence-electron chi connectivity index (χ3n) is 6.08. The summed E-state index contributed by atoms with van der Waals surface area (Å²) >= 11 is 0. The number of benzene rings is 2. The Morgan fingerprint density at radius 2 is 1.65 bits per heavy atom. The smallest absolute Gasteiger partial charge is 0.322 e. The summed E-state index contributed by atoms with van der Waals surface area (Å²) in [6.07, 6.45) is 4.98. The zero-order valence-corrected chi connectivity index (χ0v) is 23.0. The number of amides is 1. The van der Waals surface area contributed by atoms with Gasteiger partial charge < -0.3 is 19.6 Å². The molecule has 0 fully saturated rings. The quantitative estimate of drug-likeness (QED) is 0.261. The van der Waals surface area contributed by atoms with Crippen LogP contribution in [-0.2, 0) is 24.3 Å². The Morgan fingerprint density at radius 1 is 1.02 bits per heavy atom. The molecule has 40 heavy (non-hydrogen) atoms. The molecule has 0 spiro atoms. The lowest BCUT2D eigenvalue weighted by atomic mass is 9.93. The molecule has 3 N–H and O–H groups in total. The molecule has 10 nitrogen and oxygen atoms in total. The molecule has 210 valence electrons. The molecule has 11 heteroatoms. The molecule has 1 heterocycles. The van der Waals surface area contributed by atoms with Crippen LogP contribution >= 0.6 is 0 Å². The first-order valence-electron chi connectivity index (χ1n) is 12.5. The van der Waals surface area contributed by atoms with Gasteiger partial charge in [-0.05, 0) is 50.6 Å². The summed E-state index contributed by atoms with van der Waals surface area (Å²) in [6.45, 7) is 4.82. The Morgan fingerprint density at radius 3 is 2.25 bits per heavy atom. The van der Waals surface area contributed by atoms with E-state index < -0.39 is 50.8 Å². The number of hydrogen-bond acceptors (Lipinski definition) is 7. The van der Waals surface area contributed by atoms with E-state index >= 15 is 0 Å². The lowest BCUT2D eigenvalue weighted by Crippen LogP contribution is -2.59. The van der Waals surface area contributed by atoms with Crippen molar-refractivity contribution in [1.29, 1.82) is 0 Å². The molecule has 2 aromatic carbocycles. The molecular weight excluding hydrogens is 536 g/mol. The lowest BCUT2D eigenvalue weighted by Gasteiger charge is -2.32. The number of aliphatic carboxylic acids is 1. The zero-order chi connectivity index (χ0) is 29.1. The number of allylic oxidation sites excluding steroid dienone is 2. The van der Waals surface area contributed by atoms with Crippen molar-refractivity contribution in [2.24, 2.45) is 0 Å². The number of ether oxygens (including phenoxy) is 1. The van der Waals surface area contributed by atoms with E-state index in [-0.39, 0.29) is 11.7 Å². The number of nitrogens with one attached hydrogen (secondary N) is 2. The summed E-state index contributed by atoms with van der Waals surface area (Å²) in [6, 6.07) is 15.8. The molecule has 0 saturated carbocycles. The van der Waals surface area contributed by atoms with Crippen LogP contribution in [0.3, 0.4) is 0 Å². The third-order valence-corrected chi connectivity index (χ3v) is 7.93. The number of hydrogen-bond donors (Lipinski definition) is 3. The summed E-state index contributed by atoms with van der Waals surface area (Å²) in [4.78, 5) is 35.4. The topological polar surface area (TPSA) is 152 Å². The fraction of sp³-hybridized carbons (Fsp3) is 0.276. The number of para-hydroxylation sites is 1. The van der Waals surface area contributed by atoms with Gasteiger partial charge >= 0.3 is 11.9 Å². The number of fused-ring (bicyclic) bond motifs is 1. The van der Waals surface area contributed by atoms with E-state index in [2.05, 4.69) is 10.0 Å². The average molecular weight is 567 g/mol. The van der Waals surface area contributed by atoms with E-state index in [0.29, 0.717) is 11.0 Å². The Bertz CT molecular complexity index is 1540. The largest absolute Gasteiger partial charge is 0.480 e. The SMILES string of the molecule is CC(C)(C)OC(=O)C[C@H](NS(=O)(=O)C1(NC(=O)c2cc3ccccc3o2)C=CC(c2ccccc2)C=C1)C(=O)O. The van der Waals surface area contributed by atoms with Crippen LogP contribution in [0.2, 0.25) is 0 Å². The van der Waals surface area contributed by atoms with Gasteiger partial charge in [-0.25, -0.2) is 8.42 Å². The molecule has 0 saturated heterocycles. The van der Waals surface area contributed by atoms with Gasteiger partial charge in [-0.2, -0.15) is 4.72 Å². The van der Waals surface area contributed by atoms with Crippen molar-refractivity contribution in [3.8, 4) is 0 Å². The molecule has 0 aliphatic heterocycles. The second-order valence-corrected chi connectivity index (χ2v) is 12.3. The van der Waals surface area contributed by atoms with E-state index in [9.17, 15) is 27.9 Å². The van der Waals surface area contributed by atoms with Crippen LogP contribution in [0.15, 0.2) is 89.4 Å². The molecule has 1 aliphatic rings. The summed E-state index contributed by atoms with van der Waals surface area (Å²) in [5.41, 5.74) is 0.415. The van der Waals surface area contributed by atoms with Gasteiger partial charge in [0, 0.05) is 11.3 Å². The number of rotatable bonds is 9. The Balaban J connectivity index is 1.67. The molecule has 1 aromatic heterocycles. The normalized spacial score (nSPS) is 19.7. The van der Waals surface area contributed by atoms with Crippen molar-refractivity contribution in [2.75, 3.05) is 0 Å². The van der Waals surface area contributed by atoms with E-state index in [4.69, 9.17) is 9.15 Å². The highest BCUT2D eigenvalue weighted by Gasteiger charge is 2.45. The first kappa shape index (κ1) is 28.8. The van der Waals surface area contributed by atoms with Crippen LogP contribution in [0.25, 0.3) is 11.0 Å². The molecule has 0 bridgehead atoms. The second-order valence-electron chi connectivity index (χ2n) is 10.4. The van der Waals surface area contributed by atoms with E-state index in [1.165, 1.54) is 18.2 Å². The van der Waals surface area contributed by atoms with Crippen LogP contribution < -0.4 is 10.0 Å². The second kappa shape index (κ2) is 11.1. The maximum Gasteiger partial charge on any atom is 0.322 e. The van der Waals surface area contributed by atoms with Crippen molar-refractivity contribution in [3.05, 3.63) is 96.3 Å². The third kappa shape index (κ3) is 6.49. The van der Waals surface area contributed by atoms with Gasteiger partial charge in [0.25, 0.3) is 5.91 Å². The maximum absolute atomic E-state index is 13.8. The van der Waals surface area contributed by atoms with Crippen LogP contribution in [0.1, 0.15) is 49.2 Å². The number of sulfonamides is 1. The fourth-order valence-corrected chi connectivity index (χ4v) is 5.68. The predicted octanol–water partition coefficient (Wildman–Crippen LogP) is 3.87. The van der Waals surface area contributed by atoms with Crippen molar-refractivity contribution >= 4 is 38.8 Å². The number of esters is 1. The van der Waals surface area contributed by atoms with Gasteiger partial charge in [0.2, 0.25) is 10.0 Å². The lowest BCUT2D eigenvalue weighted by molar-refractivity contribution is -0.158. The minimum atomic E-state index is -4.70. The Hall–Kier alpha value is -4.22. The molecule has 1 aliphatic carbocycles. The van der Waals surface area contributed by atoms with Crippen LogP contribution in [0.4, 0.5) is 0 Å². The minimum Gasteiger partial charge on any atom is -0.480 e. The van der Waals surface area contributed by atoms with Crippen molar-refractivity contribution in [3.63, 3.8) is 0 Å². The summed E-state index contributed by atoms with van der Waals surface area (Å²) < 4.78 is 40.5. The number of carboxylic acids is 1. The van der Waals surface area contributed by atoms with Gasteiger partial charge in [0.1, 0.15) is 17.2 Å². The van der Waals surface area contributed by atoms with Gasteiger partial charge in [-0.15, -0.1) is 0 Å². The summed E-state index contributed by atoms with van der Waals surface area (Å²) in [5, 5.41) is 12.9. The van der Waals surface area contributed by atoms with E-state index in [1.807, 2.05) is 30.3 Å². The molecule has 0 radical (unpaired) electrons. The predicted molar refractivity (Wildman–Crippen MR) is 148 cm³/mol. The number of carboxylic acid groups (broad SMARTS) is 1. The Kier molecular flexibility index (Phi) is 7.99. The van der Waals surface area contributed by atoms with Gasteiger partial charge in [-0.3, -0.25) is 14.4 Å². The maximum atomic E-state index is 13.8. The minimum absolute atomic E-state index is 0.133.